The molecule has 0 bridgehead atoms. The van der Waals surface area contributed by atoms with Gasteiger partial charge in [0.15, 0.2) is 0 Å². The lowest BCUT2D eigenvalue weighted by Gasteiger charge is -2.07. The van der Waals surface area contributed by atoms with Crippen LogP contribution in [0.4, 0.5) is 0 Å². The van der Waals surface area contributed by atoms with Crippen molar-refractivity contribution in [2.45, 2.75) is 18.9 Å². The number of hydrogen-bond donors (Lipinski definition) is 2. The van der Waals surface area contributed by atoms with E-state index in [0.29, 0.717) is 18.4 Å². The molecule has 0 heterocycles. The number of ether oxygens (including phenoxy) is 1. The molecular formula is C12H15NO4. The summed E-state index contributed by atoms with van der Waals surface area (Å²) in [5.41, 5.74) is 6.72. The molecule has 1 rings (SSSR count). The first-order chi connectivity index (χ1) is 8.04. The summed E-state index contributed by atoms with van der Waals surface area (Å²) in [5, 5.41) is 8.64. The monoisotopic (exact) mass is 237 g/mol. The van der Waals surface area contributed by atoms with Crippen molar-refractivity contribution >= 4 is 11.9 Å². The molecule has 0 fully saturated rings. The van der Waals surface area contributed by atoms with E-state index in [0.717, 1.165) is 5.56 Å². The summed E-state index contributed by atoms with van der Waals surface area (Å²) in [4.78, 5) is 21.8. The molecule has 0 aliphatic carbocycles. The Kier molecular flexibility index (Phi) is 4.66. The first-order valence-corrected chi connectivity index (χ1v) is 5.20. The van der Waals surface area contributed by atoms with Crippen molar-refractivity contribution in [3.05, 3.63) is 35.4 Å². The quantitative estimate of drug-likeness (QED) is 0.740. The third-order valence-electron chi connectivity index (χ3n) is 2.41. The molecule has 5 nitrogen and oxygen atoms in total. The molecule has 1 aromatic rings. The normalized spacial score (nSPS) is 11.9. The Morgan fingerprint density at radius 1 is 1.47 bits per heavy atom. The highest BCUT2D eigenvalue weighted by atomic mass is 16.5. The molecule has 0 amide bonds. The lowest BCUT2D eigenvalue weighted by Crippen LogP contribution is -2.30. The van der Waals surface area contributed by atoms with Crippen molar-refractivity contribution in [1.82, 2.24) is 0 Å². The van der Waals surface area contributed by atoms with E-state index >= 15 is 0 Å². The summed E-state index contributed by atoms with van der Waals surface area (Å²) in [6, 6.07) is 6.00. The van der Waals surface area contributed by atoms with Crippen LogP contribution in [0.3, 0.4) is 0 Å². The molecule has 17 heavy (non-hydrogen) atoms. The molecule has 0 saturated heterocycles. The molecule has 1 unspecified atom stereocenters. The number of carboxylic acids is 1. The lowest BCUT2D eigenvalue weighted by atomic mass is 10.0. The number of methoxy groups -OCH3 is 1. The smallest absolute Gasteiger partial charge is 0.337 e. The summed E-state index contributed by atoms with van der Waals surface area (Å²) < 4.78 is 4.60. The second-order valence-corrected chi connectivity index (χ2v) is 3.68. The Morgan fingerprint density at radius 3 is 2.76 bits per heavy atom. The van der Waals surface area contributed by atoms with Crippen molar-refractivity contribution < 1.29 is 19.4 Å². The second kappa shape index (κ2) is 6.00. The summed E-state index contributed by atoms with van der Waals surface area (Å²) >= 11 is 0. The van der Waals surface area contributed by atoms with Gasteiger partial charge in [-0.1, -0.05) is 12.1 Å². The second-order valence-electron chi connectivity index (χ2n) is 3.68. The third kappa shape index (κ3) is 3.88. The standard InChI is InChI=1S/C12H15NO4/c1-17-12(16)9-4-2-3-8(7-9)5-6-10(13)11(14)15/h2-4,7,10H,5-6,13H2,1H3,(H,14,15). The van der Waals surface area contributed by atoms with Crippen LogP contribution < -0.4 is 5.73 Å². The molecular weight excluding hydrogens is 222 g/mol. The Bertz CT molecular complexity index is 417. The fraction of sp³-hybridized carbons (Fsp3) is 0.333. The number of carboxylic acid groups (broad SMARTS) is 1. The molecule has 0 aliphatic rings. The Hall–Kier alpha value is -1.88. The van der Waals surface area contributed by atoms with Gasteiger partial charge in [-0.05, 0) is 30.5 Å². The number of aryl methyl sites for hydroxylation is 1. The number of hydrogen-bond acceptors (Lipinski definition) is 4. The lowest BCUT2D eigenvalue weighted by molar-refractivity contribution is -0.138. The minimum absolute atomic E-state index is 0.333. The van der Waals surface area contributed by atoms with Crippen LogP contribution in [0.25, 0.3) is 0 Å². The van der Waals surface area contributed by atoms with Crippen LogP contribution in [0.1, 0.15) is 22.3 Å². The molecule has 0 aliphatic heterocycles. The molecule has 0 spiro atoms. The van der Waals surface area contributed by atoms with E-state index in [2.05, 4.69) is 4.74 Å². The maximum atomic E-state index is 11.3. The number of aliphatic carboxylic acids is 1. The average Bonchev–Trinajstić information content (AvgIpc) is 2.35. The maximum absolute atomic E-state index is 11.3. The van der Waals surface area contributed by atoms with Crippen LogP contribution in [0.15, 0.2) is 24.3 Å². The van der Waals surface area contributed by atoms with Crippen LogP contribution in [0.2, 0.25) is 0 Å². The highest BCUT2D eigenvalue weighted by Gasteiger charge is 2.12. The molecule has 3 N–H and O–H groups in total. The summed E-state index contributed by atoms with van der Waals surface area (Å²) in [6.45, 7) is 0. The van der Waals surface area contributed by atoms with E-state index in [1.54, 1.807) is 18.2 Å². The Balaban J connectivity index is 2.66. The number of benzene rings is 1. The van der Waals surface area contributed by atoms with Gasteiger partial charge in [0.25, 0.3) is 0 Å². The van der Waals surface area contributed by atoms with E-state index in [4.69, 9.17) is 10.8 Å². The first kappa shape index (κ1) is 13.2. The van der Waals surface area contributed by atoms with Crippen LogP contribution >= 0.6 is 0 Å². The van der Waals surface area contributed by atoms with E-state index < -0.39 is 18.0 Å². The van der Waals surface area contributed by atoms with E-state index in [-0.39, 0.29) is 0 Å². The average molecular weight is 237 g/mol. The van der Waals surface area contributed by atoms with Crippen molar-refractivity contribution in [1.29, 1.82) is 0 Å². The Labute approximate surface area is 99.2 Å². The molecule has 0 saturated carbocycles. The van der Waals surface area contributed by atoms with Gasteiger partial charge in [-0.25, -0.2) is 4.79 Å². The van der Waals surface area contributed by atoms with Crippen molar-refractivity contribution in [2.24, 2.45) is 5.73 Å². The topological polar surface area (TPSA) is 89.6 Å². The van der Waals surface area contributed by atoms with Crippen molar-refractivity contribution in [3.63, 3.8) is 0 Å². The highest BCUT2D eigenvalue weighted by Crippen LogP contribution is 2.09. The van der Waals surface area contributed by atoms with Crippen LogP contribution in [-0.2, 0) is 16.0 Å². The number of carbonyl (C=O) groups excluding carboxylic acids is 1. The van der Waals surface area contributed by atoms with Gasteiger partial charge in [0.2, 0.25) is 0 Å². The minimum Gasteiger partial charge on any atom is -0.480 e. The number of rotatable bonds is 5. The first-order valence-electron chi connectivity index (χ1n) is 5.20. The minimum atomic E-state index is -1.02. The fourth-order valence-corrected chi connectivity index (χ4v) is 1.42. The SMILES string of the molecule is COC(=O)c1cccc(CCC(N)C(=O)O)c1. The fourth-order valence-electron chi connectivity index (χ4n) is 1.42. The number of carbonyl (C=O) groups is 2. The van der Waals surface area contributed by atoms with Crippen molar-refractivity contribution in [2.75, 3.05) is 7.11 Å². The van der Waals surface area contributed by atoms with Crippen LogP contribution in [-0.4, -0.2) is 30.2 Å². The maximum Gasteiger partial charge on any atom is 0.337 e. The van der Waals surface area contributed by atoms with Gasteiger partial charge in [-0.2, -0.15) is 0 Å². The highest BCUT2D eigenvalue weighted by molar-refractivity contribution is 5.89. The largest absolute Gasteiger partial charge is 0.480 e. The third-order valence-corrected chi connectivity index (χ3v) is 2.41. The zero-order valence-electron chi connectivity index (χ0n) is 9.55. The van der Waals surface area contributed by atoms with Crippen LogP contribution in [0.5, 0.6) is 0 Å². The van der Waals surface area contributed by atoms with Crippen molar-refractivity contribution in [3.8, 4) is 0 Å². The molecule has 0 radical (unpaired) electrons. The van der Waals surface area contributed by atoms with Gasteiger partial charge in [0.05, 0.1) is 12.7 Å². The Morgan fingerprint density at radius 2 is 2.18 bits per heavy atom. The molecule has 92 valence electrons. The predicted molar refractivity (Wildman–Crippen MR) is 61.7 cm³/mol. The zero-order valence-corrected chi connectivity index (χ0v) is 9.55. The zero-order chi connectivity index (χ0) is 12.8. The summed E-state index contributed by atoms with van der Waals surface area (Å²) in [7, 11) is 1.31. The van der Waals surface area contributed by atoms with Gasteiger partial charge < -0.3 is 15.6 Å². The number of nitrogens with two attached hydrogens (primary N) is 1. The van der Waals surface area contributed by atoms with Gasteiger partial charge in [-0.15, -0.1) is 0 Å². The summed E-state index contributed by atoms with van der Waals surface area (Å²) in [5.74, 6) is -1.43. The van der Waals surface area contributed by atoms with Gasteiger partial charge in [0, 0.05) is 0 Å². The molecule has 1 atom stereocenters. The van der Waals surface area contributed by atoms with E-state index in [1.165, 1.54) is 7.11 Å². The predicted octanol–water partition coefficient (Wildman–Crippen LogP) is 0.818. The summed E-state index contributed by atoms with van der Waals surface area (Å²) in [6.07, 6.45) is 0.845. The molecule has 5 heteroatoms. The van der Waals surface area contributed by atoms with E-state index in [1.807, 2.05) is 6.07 Å². The molecule has 1 aromatic carbocycles. The van der Waals surface area contributed by atoms with Gasteiger partial charge in [-0.3, -0.25) is 4.79 Å². The van der Waals surface area contributed by atoms with Gasteiger partial charge in [0.1, 0.15) is 6.04 Å². The number of esters is 1. The van der Waals surface area contributed by atoms with Crippen LogP contribution in [0, 0.1) is 0 Å². The molecule has 0 aromatic heterocycles. The van der Waals surface area contributed by atoms with E-state index in [9.17, 15) is 9.59 Å². The van der Waals surface area contributed by atoms with Gasteiger partial charge >= 0.3 is 11.9 Å².